The lowest BCUT2D eigenvalue weighted by Gasteiger charge is -2.18. The van der Waals surface area contributed by atoms with Gasteiger partial charge >= 0.3 is 0 Å². The summed E-state index contributed by atoms with van der Waals surface area (Å²) in [6.45, 7) is 1.13. The normalized spacial score (nSPS) is 28.0. The lowest BCUT2D eigenvalue weighted by Crippen LogP contribution is -2.24. The third kappa shape index (κ3) is 1.99. The molecule has 2 saturated heterocycles. The van der Waals surface area contributed by atoms with E-state index in [0.29, 0.717) is 34.7 Å². The molecule has 9 heteroatoms. The van der Waals surface area contributed by atoms with Gasteiger partial charge in [-0.25, -0.2) is 4.68 Å². The number of hydrogen-bond donors (Lipinski definition) is 0. The molecule has 30 heavy (non-hydrogen) atoms. The van der Waals surface area contributed by atoms with E-state index in [4.69, 9.17) is 16.1 Å². The largest absolute Gasteiger partial charge is 0.367 e. The summed E-state index contributed by atoms with van der Waals surface area (Å²) in [7, 11) is 0. The number of piperidine rings is 1. The molecule has 5 heterocycles. The molecule has 1 unspecified atom stereocenters. The molecule has 0 spiro atoms. The van der Waals surface area contributed by atoms with Crippen molar-refractivity contribution >= 4 is 28.2 Å². The smallest absolute Gasteiger partial charge is 0.276 e. The molecule has 2 aliphatic heterocycles. The van der Waals surface area contributed by atoms with Crippen LogP contribution in [0.4, 0.5) is 5.69 Å². The Labute approximate surface area is 175 Å². The predicted octanol–water partition coefficient (Wildman–Crippen LogP) is 2.26. The van der Waals surface area contributed by atoms with Gasteiger partial charge < -0.3 is 9.42 Å². The highest BCUT2D eigenvalue weighted by Gasteiger charge is 2.95. The number of nitrogens with zero attached hydrogens (tertiary/aromatic N) is 6. The fourth-order valence-corrected chi connectivity index (χ4v) is 5.60. The molecular weight excluding hydrogens is 404 g/mol. The molecule has 4 atom stereocenters. The monoisotopic (exact) mass is 418 g/mol. The summed E-state index contributed by atoms with van der Waals surface area (Å²) < 4.78 is 6.83. The molecule has 0 amide bonds. The topological polar surface area (TPSA) is 89.9 Å². The third-order valence-electron chi connectivity index (χ3n) is 6.84. The molecular formula is C21H15ClN6O2. The molecule has 8 rings (SSSR count). The van der Waals surface area contributed by atoms with Gasteiger partial charge in [-0.3, -0.25) is 9.78 Å². The van der Waals surface area contributed by atoms with Crippen LogP contribution in [0.2, 0.25) is 5.02 Å². The standard InChI is InChI=1S/C21H15ClN6O2/c22-11-3-1-4-12(7-11)27-9-14-17-18(27)21(14,17)20-25-16(30-26-20)10-28-19(29)13-5-2-6-23-15(13)8-24-28/h1-8,14,17-18H,9-10H2/t14-,17-,18?,21-/m1/s1. The first-order valence-electron chi connectivity index (χ1n) is 9.84. The van der Waals surface area contributed by atoms with Gasteiger partial charge in [-0.05, 0) is 36.2 Å². The second kappa shape index (κ2) is 5.46. The maximum Gasteiger partial charge on any atom is 0.276 e. The molecule has 4 aliphatic rings. The molecule has 2 bridgehead atoms. The van der Waals surface area contributed by atoms with Crippen LogP contribution in [0.1, 0.15) is 11.7 Å². The summed E-state index contributed by atoms with van der Waals surface area (Å²) in [6, 6.07) is 11.8. The summed E-state index contributed by atoms with van der Waals surface area (Å²) in [5.74, 6) is 2.27. The molecule has 0 radical (unpaired) electrons. The highest BCUT2D eigenvalue weighted by Crippen LogP contribution is 2.85. The van der Waals surface area contributed by atoms with E-state index in [2.05, 4.69) is 31.2 Å². The minimum absolute atomic E-state index is 0.00420. The summed E-state index contributed by atoms with van der Waals surface area (Å²) in [5.41, 5.74) is 1.49. The van der Waals surface area contributed by atoms with Gasteiger partial charge in [-0.15, -0.1) is 0 Å². The van der Waals surface area contributed by atoms with Crippen LogP contribution in [-0.4, -0.2) is 37.5 Å². The number of benzene rings is 1. The zero-order valence-corrected chi connectivity index (χ0v) is 16.4. The van der Waals surface area contributed by atoms with Crippen molar-refractivity contribution in [2.75, 3.05) is 11.4 Å². The number of aromatic nitrogens is 5. The number of halogens is 1. The summed E-state index contributed by atoms with van der Waals surface area (Å²) in [6.07, 6.45) is 3.22. The van der Waals surface area contributed by atoms with Crippen LogP contribution in [-0.2, 0) is 12.0 Å². The van der Waals surface area contributed by atoms with Gasteiger partial charge in [-0.2, -0.15) is 10.1 Å². The Morgan fingerprint density at radius 3 is 3.07 bits per heavy atom. The molecule has 8 nitrogen and oxygen atoms in total. The Balaban J connectivity index is 1.16. The molecule has 2 aliphatic carbocycles. The van der Waals surface area contributed by atoms with Gasteiger partial charge in [0.1, 0.15) is 6.54 Å². The van der Waals surface area contributed by atoms with Crippen LogP contribution in [0.3, 0.4) is 0 Å². The van der Waals surface area contributed by atoms with Crippen molar-refractivity contribution in [2.24, 2.45) is 11.8 Å². The lowest BCUT2D eigenvalue weighted by molar-refractivity contribution is 0.356. The molecule has 1 aromatic carbocycles. The van der Waals surface area contributed by atoms with Crippen molar-refractivity contribution in [3.63, 3.8) is 0 Å². The first kappa shape index (κ1) is 16.5. The van der Waals surface area contributed by atoms with E-state index >= 15 is 0 Å². The van der Waals surface area contributed by atoms with Crippen molar-refractivity contribution in [3.8, 4) is 0 Å². The van der Waals surface area contributed by atoms with Gasteiger partial charge in [0.05, 0.1) is 22.5 Å². The van der Waals surface area contributed by atoms with Crippen LogP contribution in [0.25, 0.3) is 10.9 Å². The maximum absolute atomic E-state index is 12.7. The SMILES string of the molecule is O=c1c2cccnc2cnn1Cc1nc([C@@]23C4[C@H]2[C@H]3CN4c2cccc(Cl)c2)no1. The minimum Gasteiger partial charge on any atom is -0.367 e. The van der Waals surface area contributed by atoms with Crippen LogP contribution >= 0.6 is 11.6 Å². The van der Waals surface area contributed by atoms with Gasteiger partial charge in [-0.1, -0.05) is 22.8 Å². The molecule has 4 fully saturated rings. The van der Waals surface area contributed by atoms with Crippen molar-refractivity contribution in [2.45, 2.75) is 18.0 Å². The first-order valence-corrected chi connectivity index (χ1v) is 10.2. The van der Waals surface area contributed by atoms with Crippen molar-refractivity contribution < 1.29 is 4.52 Å². The number of fused-ring (bicyclic) bond motifs is 2. The maximum atomic E-state index is 12.7. The second-order valence-electron chi connectivity index (χ2n) is 8.20. The highest BCUT2D eigenvalue weighted by atomic mass is 35.5. The van der Waals surface area contributed by atoms with E-state index < -0.39 is 0 Å². The van der Waals surface area contributed by atoms with E-state index in [9.17, 15) is 4.79 Å². The minimum atomic E-state index is -0.221. The van der Waals surface area contributed by atoms with Crippen LogP contribution < -0.4 is 10.5 Å². The summed E-state index contributed by atoms with van der Waals surface area (Å²) >= 11 is 6.17. The Morgan fingerprint density at radius 1 is 1.27 bits per heavy atom. The predicted molar refractivity (Wildman–Crippen MR) is 108 cm³/mol. The van der Waals surface area contributed by atoms with Crippen LogP contribution in [0.15, 0.2) is 58.1 Å². The highest BCUT2D eigenvalue weighted by molar-refractivity contribution is 6.30. The number of hydrogen-bond acceptors (Lipinski definition) is 7. The van der Waals surface area contributed by atoms with Crippen LogP contribution in [0.5, 0.6) is 0 Å². The van der Waals surface area contributed by atoms with E-state index in [1.807, 2.05) is 18.2 Å². The van der Waals surface area contributed by atoms with Crippen molar-refractivity contribution in [3.05, 3.63) is 75.9 Å². The number of rotatable bonds is 4. The molecule has 3 aromatic heterocycles. The fraction of sp³-hybridized carbons (Fsp3) is 0.286. The third-order valence-corrected chi connectivity index (χ3v) is 7.08. The summed E-state index contributed by atoms with van der Waals surface area (Å²) in [4.78, 5) is 23.9. The molecule has 148 valence electrons. The molecule has 4 aromatic rings. The van der Waals surface area contributed by atoms with Gasteiger partial charge in [0.2, 0.25) is 5.89 Å². The van der Waals surface area contributed by atoms with Crippen molar-refractivity contribution in [1.82, 2.24) is 24.9 Å². The van der Waals surface area contributed by atoms with Crippen LogP contribution in [0, 0.1) is 11.8 Å². The lowest BCUT2D eigenvalue weighted by atomic mass is 10.1. The average molecular weight is 419 g/mol. The fourth-order valence-electron chi connectivity index (χ4n) is 5.41. The Bertz CT molecular complexity index is 1390. The van der Waals surface area contributed by atoms with Gasteiger partial charge in [0.15, 0.2) is 5.82 Å². The Morgan fingerprint density at radius 2 is 2.20 bits per heavy atom. The van der Waals surface area contributed by atoms with E-state index in [1.54, 1.807) is 24.5 Å². The second-order valence-corrected chi connectivity index (χ2v) is 8.63. The quantitative estimate of drug-likeness (QED) is 0.502. The van der Waals surface area contributed by atoms with Gasteiger partial charge in [0, 0.05) is 35.4 Å². The zero-order valence-electron chi connectivity index (χ0n) is 15.6. The van der Waals surface area contributed by atoms with E-state index in [1.165, 1.54) is 4.68 Å². The average Bonchev–Trinajstić information content (AvgIpc) is 3.31. The Hall–Kier alpha value is -3.26. The van der Waals surface area contributed by atoms with Gasteiger partial charge in [0.25, 0.3) is 5.56 Å². The zero-order chi connectivity index (χ0) is 20.0. The molecule has 0 N–H and O–H groups in total. The Kier molecular flexibility index (Phi) is 3.01. The first-order chi connectivity index (χ1) is 14.7. The number of pyridine rings is 1. The van der Waals surface area contributed by atoms with E-state index in [0.717, 1.165) is 23.1 Å². The van der Waals surface area contributed by atoms with Crippen molar-refractivity contribution in [1.29, 1.82) is 0 Å². The molecule has 2 saturated carbocycles. The number of anilines is 1. The van der Waals surface area contributed by atoms with E-state index in [-0.39, 0.29) is 17.5 Å². The summed E-state index contributed by atoms with van der Waals surface area (Å²) in [5, 5.41) is 9.73.